The predicted molar refractivity (Wildman–Crippen MR) is 91.2 cm³/mol. The molecule has 4 unspecified atom stereocenters. The van der Waals surface area contributed by atoms with Crippen molar-refractivity contribution in [3.63, 3.8) is 0 Å². The van der Waals surface area contributed by atoms with Crippen LogP contribution in [0.2, 0.25) is 0 Å². The number of guanidine groups is 1. The first-order valence-electron chi connectivity index (χ1n) is 8.41. The monoisotopic (exact) mass is 313 g/mol. The van der Waals surface area contributed by atoms with Crippen molar-refractivity contribution in [2.75, 3.05) is 12.3 Å². The summed E-state index contributed by atoms with van der Waals surface area (Å²) in [5.41, 5.74) is 0.398. The van der Waals surface area contributed by atoms with Crippen LogP contribution in [0.25, 0.3) is 0 Å². The zero-order chi connectivity index (χ0) is 15.5. The molecule has 21 heavy (non-hydrogen) atoms. The van der Waals surface area contributed by atoms with Gasteiger partial charge in [-0.05, 0) is 38.0 Å². The van der Waals surface area contributed by atoms with E-state index >= 15 is 0 Å². The zero-order valence-corrected chi connectivity index (χ0v) is 14.8. The molecule has 0 aromatic rings. The average molecular weight is 314 g/mol. The summed E-state index contributed by atoms with van der Waals surface area (Å²) in [5, 5.41) is 7.49. The SMILES string of the molecule is CCN=C(NC1CCCC(S(=O)CC)C1)NC1CC1(C)C. The highest BCUT2D eigenvalue weighted by atomic mass is 32.2. The van der Waals surface area contributed by atoms with E-state index in [-0.39, 0.29) is 0 Å². The molecule has 0 bridgehead atoms. The smallest absolute Gasteiger partial charge is 0.191 e. The number of nitrogens with zero attached hydrogens (tertiary/aromatic N) is 1. The summed E-state index contributed by atoms with van der Waals surface area (Å²) in [7, 11) is -0.664. The summed E-state index contributed by atoms with van der Waals surface area (Å²) < 4.78 is 12.0. The Labute approximate surface area is 132 Å². The standard InChI is InChI=1S/C16H31N3OS/c1-5-17-15(19-14-11-16(14,3)4)18-12-8-7-9-13(10-12)21(20)6-2/h12-14H,5-11H2,1-4H3,(H2,17,18,19). The minimum atomic E-state index is -0.664. The van der Waals surface area contributed by atoms with E-state index in [1.165, 1.54) is 12.8 Å². The van der Waals surface area contributed by atoms with E-state index in [9.17, 15) is 4.21 Å². The summed E-state index contributed by atoms with van der Waals surface area (Å²) in [4.78, 5) is 4.57. The molecule has 2 fully saturated rings. The van der Waals surface area contributed by atoms with Gasteiger partial charge in [0, 0.05) is 40.4 Å². The zero-order valence-electron chi connectivity index (χ0n) is 13.9. The van der Waals surface area contributed by atoms with Crippen molar-refractivity contribution < 1.29 is 4.21 Å². The fourth-order valence-corrected chi connectivity index (χ4v) is 4.46. The Bertz CT molecular complexity index is 408. The van der Waals surface area contributed by atoms with Gasteiger partial charge in [0.25, 0.3) is 0 Å². The quantitative estimate of drug-likeness (QED) is 0.605. The molecule has 0 aromatic carbocycles. The van der Waals surface area contributed by atoms with Gasteiger partial charge in [-0.3, -0.25) is 9.20 Å². The number of aliphatic imine (C=N–C) groups is 1. The van der Waals surface area contributed by atoms with Crippen molar-refractivity contribution in [1.29, 1.82) is 0 Å². The molecule has 122 valence electrons. The summed E-state index contributed by atoms with van der Waals surface area (Å²) in [6.45, 7) is 9.45. The summed E-state index contributed by atoms with van der Waals surface area (Å²) in [5.74, 6) is 1.72. The Morgan fingerprint density at radius 2 is 2.00 bits per heavy atom. The molecule has 2 N–H and O–H groups in total. The second kappa shape index (κ2) is 7.12. The van der Waals surface area contributed by atoms with Gasteiger partial charge in [0.15, 0.2) is 5.96 Å². The van der Waals surface area contributed by atoms with Gasteiger partial charge in [-0.1, -0.05) is 27.2 Å². The van der Waals surface area contributed by atoms with Gasteiger partial charge in [-0.2, -0.15) is 0 Å². The van der Waals surface area contributed by atoms with Gasteiger partial charge in [-0.15, -0.1) is 0 Å². The van der Waals surface area contributed by atoms with Crippen LogP contribution in [0.4, 0.5) is 0 Å². The highest BCUT2D eigenvalue weighted by molar-refractivity contribution is 7.85. The molecule has 0 aliphatic heterocycles. The fraction of sp³-hybridized carbons (Fsp3) is 0.938. The van der Waals surface area contributed by atoms with Crippen molar-refractivity contribution in [2.45, 2.75) is 77.1 Å². The van der Waals surface area contributed by atoms with E-state index in [0.29, 0.717) is 22.7 Å². The normalized spacial score (nSPS) is 33.3. The number of rotatable bonds is 5. The van der Waals surface area contributed by atoms with Gasteiger partial charge < -0.3 is 10.6 Å². The van der Waals surface area contributed by atoms with Crippen molar-refractivity contribution >= 4 is 16.8 Å². The van der Waals surface area contributed by atoms with Crippen LogP contribution in [0.1, 0.15) is 59.8 Å². The van der Waals surface area contributed by atoms with Gasteiger partial charge in [0.1, 0.15) is 0 Å². The van der Waals surface area contributed by atoms with Crippen LogP contribution < -0.4 is 10.6 Å². The van der Waals surface area contributed by atoms with E-state index in [2.05, 4.69) is 36.4 Å². The molecule has 4 nitrogen and oxygen atoms in total. The van der Waals surface area contributed by atoms with Crippen LogP contribution in [0, 0.1) is 5.41 Å². The Morgan fingerprint density at radius 3 is 2.57 bits per heavy atom. The van der Waals surface area contributed by atoms with Crippen LogP contribution in [-0.4, -0.2) is 39.8 Å². The molecule has 0 heterocycles. The molecular formula is C16H31N3OS. The third kappa shape index (κ3) is 4.70. The minimum Gasteiger partial charge on any atom is -0.354 e. The van der Waals surface area contributed by atoms with Crippen molar-refractivity contribution in [3.05, 3.63) is 0 Å². The Hall–Kier alpha value is -0.580. The number of nitrogens with one attached hydrogen (secondary N) is 2. The fourth-order valence-electron chi connectivity index (χ4n) is 3.11. The van der Waals surface area contributed by atoms with Crippen LogP contribution in [0.5, 0.6) is 0 Å². The molecule has 2 rings (SSSR count). The number of hydrogen-bond acceptors (Lipinski definition) is 2. The largest absolute Gasteiger partial charge is 0.354 e. The van der Waals surface area contributed by atoms with Crippen LogP contribution in [-0.2, 0) is 10.8 Å². The van der Waals surface area contributed by atoms with Gasteiger partial charge in [0.2, 0.25) is 0 Å². The van der Waals surface area contributed by atoms with E-state index < -0.39 is 10.8 Å². The van der Waals surface area contributed by atoms with E-state index in [1.54, 1.807) is 0 Å². The van der Waals surface area contributed by atoms with Crippen LogP contribution >= 0.6 is 0 Å². The molecule has 5 heteroatoms. The third-order valence-electron chi connectivity index (χ3n) is 4.76. The first kappa shape index (κ1) is 16.8. The Morgan fingerprint density at radius 1 is 1.29 bits per heavy atom. The first-order valence-corrected chi connectivity index (χ1v) is 9.79. The van der Waals surface area contributed by atoms with Crippen LogP contribution in [0.3, 0.4) is 0 Å². The summed E-state index contributed by atoms with van der Waals surface area (Å²) >= 11 is 0. The highest BCUT2D eigenvalue weighted by Crippen LogP contribution is 2.44. The molecule has 0 amide bonds. The Balaban J connectivity index is 1.88. The molecule has 0 spiro atoms. The maximum absolute atomic E-state index is 12.0. The number of hydrogen-bond donors (Lipinski definition) is 2. The summed E-state index contributed by atoms with van der Waals surface area (Å²) in [6.07, 6.45) is 5.67. The third-order valence-corrected chi connectivity index (χ3v) is 6.50. The molecule has 2 aliphatic carbocycles. The predicted octanol–water partition coefficient (Wildman–Crippen LogP) is 2.42. The highest BCUT2D eigenvalue weighted by Gasteiger charge is 2.46. The van der Waals surface area contributed by atoms with Gasteiger partial charge in [0.05, 0.1) is 0 Å². The summed E-state index contributed by atoms with van der Waals surface area (Å²) in [6, 6.07) is 0.957. The molecule has 0 aromatic heterocycles. The lowest BCUT2D eigenvalue weighted by molar-refractivity contribution is 0.412. The van der Waals surface area contributed by atoms with Crippen molar-refractivity contribution in [1.82, 2.24) is 10.6 Å². The lowest BCUT2D eigenvalue weighted by Gasteiger charge is -2.30. The molecule has 2 saturated carbocycles. The van der Waals surface area contributed by atoms with E-state index in [0.717, 1.165) is 37.5 Å². The van der Waals surface area contributed by atoms with Crippen LogP contribution in [0.15, 0.2) is 4.99 Å². The molecule has 2 aliphatic rings. The first-order chi connectivity index (χ1) is 9.96. The maximum Gasteiger partial charge on any atom is 0.191 e. The maximum atomic E-state index is 12.0. The van der Waals surface area contributed by atoms with Crippen molar-refractivity contribution in [2.24, 2.45) is 10.4 Å². The van der Waals surface area contributed by atoms with E-state index in [1.807, 2.05) is 6.92 Å². The van der Waals surface area contributed by atoms with Gasteiger partial charge >= 0.3 is 0 Å². The van der Waals surface area contributed by atoms with E-state index in [4.69, 9.17) is 0 Å². The minimum absolute atomic E-state index is 0.362. The molecular weight excluding hydrogens is 282 g/mol. The topological polar surface area (TPSA) is 53.5 Å². The molecule has 0 radical (unpaired) electrons. The second-order valence-electron chi connectivity index (χ2n) is 7.01. The van der Waals surface area contributed by atoms with Gasteiger partial charge in [-0.25, -0.2) is 0 Å². The average Bonchev–Trinajstić information content (AvgIpc) is 3.05. The van der Waals surface area contributed by atoms with Crippen molar-refractivity contribution in [3.8, 4) is 0 Å². The lowest BCUT2D eigenvalue weighted by atomic mass is 9.95. The molecule has 0 saturated heterocycles. The second-order valence-corrected chi connectivity index (χ2v) is 9.02. The Kier molecular flexibility index (Phi) is 5.69. The molecule has 4 atom stereocenters. The lowest BCUT2D eigenvalue weighted by Crippen LogP contribution is -2.48.